The van der Waals surface area contributed by atoms with Gasteiger partial charge in [0.1, 0.15) is 0 Å². The lowest BCUT2D eigenvalue weighted by atomic mass is 10.2. The smallest absolute Gasteiger partial charge is 0.222 e. The molecule has 0 bridgehead atoms. The van der Waals surface area contributed by atoms with Crippen molar-refractivity contribution in [3.8, 4) is 0 Å². The number of hydrogen-bond donors (Lipinski definition) is 1. The second-order valence-corrected chi connectivity index (χ2v) is 4.61. The van der Waals surface area contributed by atoms with Crippen LogP contribution in [0.25, 0.3) is 0 Å². The van der Waals surface area contributed by atoms with Crippen LogP contribution in [0.5, 0.6) is 0 Å². The highest BCUT2D eigenvalue weighted by Crippen LogP contribution is 2.04. The molecule has 1 aliphatic heterocycles. The van der Waals surface area contributed by atoms with Gasteiger partial charge in [0, 0.05) is 38.7 Å². The van der Waals surface area contributed by atoms with Crippen molar-refractivity contribution in [1.82, 2.24) is 19.9 Å². The van der Waals surface area contributed by atoms with Crippen LogP contribution in [0.2, 0.25) is 0 Å². The van der Waals surface area contributed by atoms with Crippen LogP contribution in [0.3, 0.4) is 0 Å². The summed E-state index contributed by atoms with van der Waals surface area (Å²) in [6.45, 7) is 4.02. The summed E-state index contributed by atoms with van der Waals surface area (Å²) in [5, 5.41) is 8.03. The highest BCUT2D eigenvalue weighted by Gasteiger charge is 2.16. The van der Waals surface area contributed by atoms with Gasteiger partial charge in [0.05, 0.1) is 18.9 Å². The van der Waals surface area contributed by atoms with Crippen LogP contribution >= 0.6 is 0 Å². The summed E-state index contributed by atoms with van der Waals surface area (Å²) in [4.78, 5) is 13.8. The molecule has 1 aromatic rings. The van der Waals surface area contributed by atoms with Gasteiger partial charge in [-0.3, -0.25) is 9.48 Å². The molecule has 2 N–H and O–H groups in total. The van der Waals surface area contributed by atoms with Gasteiger partial charge in [-0.25, -0.2) is 0 Å². The minimum absolute atomic E-state index is 0.200. The third-order valence-corrected chi connectivity index (χ3v) is 3.13. The minimum Gasteiger partial charge on any atom is -0.378 e. The van der Waals surface area contributed by atoms with Crippen LogP contribution in [0.4, 0.5) is 0 Å². The molecule has 1 aliphatic rings. The number of amides is 1. The molecule has 0 spiro atoms. The highest BCUT2D eigenvalue weighted by molar-refractivity contribution is 5.76. The number of nitrogens with two attached hydrogens (primary N) is 1. The summed E-state index contributed by atoms with van der Waals surface area (Å²) in [6, 6.07) is 0. The van der Waals surface area contributed by atoms with E-state index in [4.69, 9.17) is 10.5 Å². The van der Waals surface area contributed by atoms with Crippen molar-refractivity contribution in [2.24, 2.45) is 5.73 Å². The number of aromatic nitrogens is 3. The average molecular weight is 267 g/mol. The van der Waals surface area contributed by atoms with Crippen LogP contribution in [-0.2, 0) is 22.5 Å². The van der Waals surface area contributed by atoms with E-state index < -0.39 is 0 Å². The van der Waals surface area contributed by atoms with E-state index >= 15 is 0 Å². The lowest BCUT2D eigenvalue weighted by molar-refractivity contribution is -0.135. The number of carbonyl (C=O) groups excluding carboxylic acids is 1. The fourth-order valence-electron chi connectivity index (χ4n) is 2.07. The maximum absolute atomic E-state index is 11.9. The van der Waals surface area contributed by atoms with Gasteiger partial charge in [0.2, 0.25) is 5.91 Å². The molecule has 0 radical (unpaired) electrons. The Hall–Kier alpha value is -1.47. The first-order valence-corrected chi connectivity index (χ1v) is 6.74. The molecule has 0 unspecified atom stereocenters. The zero-order valence-corrected chi connectivity index (χ0v) is 11.1. The molecule has 0 saturated carbocycles. The minimum atomic E-state index is 0.200. The number of ether oxygens (including phenoxy) is 1. The molecule has 0 atom stereocenters. The van der Waals surface area contributed by atoms with E-state index in [1.54, 1.807) is 4.68 Å². The fourth-order valence-corrected chi connectivity index (χ4v) is 2.07. The number of nitrogens with zero attached hydrogens (tertiary/aromatic N) is 4. The summed E-state index contributed by atoms with van der Waals surface area (Å²) in [7, 11) is 0. The Morgan fingerprint density at radius 1 is 1.42 bits per heavy atom. The van der Waals surface area contributed by atoms with Crippen LogP contribution in [0.15, 0.2) is 6.20 Å². The fraction of sp³-hybridized carbons (Fsp3) is 0.750. The van der Waals surface area contributed by atoms with Crippen LogP contribution < -0.4 is 5.73 Å². The predicted octanol–water partition coefficient (Wildman–Crippen LogP) is -0.582. The maximum Gasteiger partial charge on any atom is 0.222 e. The van der Waals surface area contributed by atoms with Gasteiger partial charge in [-0.2, -0.15) is 0 Å². The van der Waals surface area contributed by atoms with Crippen molar-refractivity contribution in [2.45, 2.75) is 25.8 Å². The SMILES string of the molecule is NCCc1cn(CCCC(=O)N2CCOCC2)nn1. The molecule has 2 rings (SSSR count). The van der Waals surface area contributed by atoms with E-state index in [2.05, 4.69) is 10.3 Å². The van der Waals surface area contributed by atoms with Crippen LogP contribution in [0, 0.1) is 0 Å². The van der Waals surface area contributed by atoms with Gasteiger partial charge in [0.25, 0.3) is 0 Å². The second-order valence-electron chi connectivity index (χ2n) is 4.61. The summed E-state index contributed by atoms with van der Waals surface area (Å²) in [6.07, 6.45) is 3.96. The molecule has 106 valence electrons. The van der Waals surface area contributed by atoms with Crippen molar-refractivity contribution >= 4 is 5.91 Å². The summed E-state index contributed by atoms with van der Waals surface area (Å²) < 4.78 is 7.00. The van der Waals surface area contributed by atoms with E-state index in [1.807, 2.05) is 11.1 Å². The largest absolute Gasteiger partial charge is 0.378 e. The van der Waals surface area contributed by atoms with Crippen molar-refractivity contribution < 1.29 is 9.53 Å². The van der Waals surface area contributed by atoms with Gasteiger partial charge < -0.3 is 15.4 Å². The Bertz CT molecular complexity index is 401. The number of aryl methyl sites for hydroxylation is 1. The molecule has 0 aromatic carbocycles. The zero-order valence-electron chi connectivity index (χ0n) is 11.1. The zero-order chi connectivity index (χ0) is 13.5. The molecule has 1 fully saturated rings. The van der Waals surface area contributed by atoms with Gasteiger partial charge in [-0.15, -0.1) is 5.10 Å². The number of hydrogen-bond acceptors (Lipinski definition) is 5. The molecule has 19 heavy (non-hydrogen) atoms. The molecule has 2 heterocycles. The Balaban J connectivity index is 1.68. The Morgan fingerprint density at radius 3 is 2.95 bits per heavy atom. The van der Waals surface area contributed by atoms with E-state index in [0.29, 0.717) is 45.8 Å². The van der Waals surface area contributed by atoms with Gasteiger partial charge in [-0.05, 0) is 13.0 Å². The Morgan fingerprint density at radius 2 is 2.21 bits per heavy atom. The molecular formula is C12H21N5O2. The normalized spacial score (nSPS) is 15.7. The molecule has 7 nitrogen and oxygen atoms in total. The third-order valence-electron chi connectivity index (χ3n) is 3.13. The van der Waals surface area contributed by atoms with Gasteiger partial charge >= 0.3 is 0 Å². The molecule has 1 saturated heterocycles. The predicted molar refractivity (Wildman–Crippen MR) is 69.4 cm³/mol. The quantitative estimate of drug-likeness (QED) is 0.745. The summed E-state index contributed by atoms with van der Waals surface area (Å²) in [5.74, 6) is 0.200. The maximum atomic E-state index is 11.9. The standard InChI is InChI=1S/C12H21N5O2/c13-4-3-11-10-17(15-14-11)5-1-2-12(18)16-6-8-19-9-7-16/h10H,1-9,13H2. The van der Waals surface area contributed by atoms with Crippen LogP contribution in [-0.4, -0.2) is 58.6 Å². The van der Waals surface area contributed by atoms with E-state index in [9.17, 15) is 4.79 Å². The molecule has 1 amide bonds. The second kappa shape index (κ2) is 7.20. The highest BCUT2D eigenvalue weighted by atomic mass is 16.5. The number of carbonyl (C=O) groups is 1. The van der Waals surface area contributed by atoms with Crippen molar-refractivity contribution in [3.05, 3.63) is 11.9 Å². The Kier molecular flexibility index (Phi) is 5.29. The molecule has 1 aromatic heterocycles. The third kappa shape index (κ3) is 4.29. The molecule has 7 heteroatoms. The lowest BCUT2D eigenvalue weighted by Crippen LogP contribution is -2.40. The van der Waals surface area contributed by atoms with Crippen molar-refractivity contribution in [2.75, 3.05) is 32.8 Å². The number of morpholine rings is 1. The van der Waals surface area contributed by atoms with Gasteiger partial charge in [0.15, 0.2) is 0 Å². The van der Waals surface area contributed by atoms with E-state index in [1.165, 1.54) is 0 Å². The lowest BCUT2D eigenvalue weighted by Gasteiger charge is -2.26. The molecular weight excluding hydrogens is 246 g/mol. The van der Waals surface area contributed by atoms with E-state index in [0.717, 1.165) is 18.5 Å². The van der Waals surface area contributed by atoms with E-state index in [-0.39, 0.29) is 5.91 Å². The van der Waals surface area contributed by atoms with Crippen molar-refractivity contribution in [3.63, 3.8) is 0 Å². The topological polar surface area (TPSA) is 86.3 Å². The van der Waals surface area contributed by atoms with Gasteiger partial charge in [-0.1, -0.05) is 5.21 Å². The van der Waals surface area contributed by atoms with Crippen LogP contribution in [0.1, 0.15) is 18.5 Å². The Labute approximate surface area is 112 Å². The first kappa shape index (κ1) is 14.0. The summed E-state index contributed by atoms with van der Waals surface area (Å²) >= 11 is 0. The first-order valence-electron chi connectivity index (χ1n) is 6.74. The van der Waals surface area contributed by atoms with Crippen molar-refractivity contribution in [1.29, 1.82) is 0 Å². The first-order chi connectivity index (χ1) is 9.29. The summed E-state index contributed by atoms with van der Waals surface area (Å²) in [5.41, 5.74) is 6.36. The average Bonchev–Trinajstić information content (AvgIpc) is 2.88. The monoisotopic (exact) mass is 267 g/mol. The molecule has 0 aliphatic carbocycles. The number of rotatable bonds is 6.